The van der Waals surface area contributed by atoms with Gasteiger partial charge in [-0.2, -0.15) is 0 Å². The third-order valence-corrected chi connectivity index (χ3v) is 4.49. The predicted molar refractivity (Wildman–Crippen MR) is 104 cm³/mol. The molecule has 0 aliphatic carbocycles. The summed E-state index contributed by atoms with van der Waals surface area (Å²) in [6, 6.07) is 7.81. The molecule has 154 valence electrons. The standard InChI is InChI=1S/C21H23NO7/c1-21(2,3)29-20(27)22-10-9-15(23)17(24)12-7-8-14-16-11(12)5-4-6-13(16)18(25)28-19(14)26/h4-8,15,17,23-24H,9-10H2,1-3H3,(H,22,27). The summed E-state index contributed by atoms with van der Waals surface area (Å²) in [5.74, 6) is -1.50. The van der Waals surface area contributed by atoms with Crippen LogP contribution >= 0.6 is 0 Å². The van der Waals surface area contributed by atoms with Crippen molar-refractivity contribution in [2.24, 2.45) is 0 Å². The van der Waals surface area contributed by atoms with Crippen LogP contribution in [0.4, 0.5) is 4.79 Å². The van der Waals surface area contributed by atoms with Crippen molar-refractivity contribution in [1.29, 1.82) is 0 Å². The molecule has 8 heteroatoms. The van der Waals surface area contributed by atoms with Crippen LogP contribution in [0.5, 0.6) is 0 Å². The molecule has 0 spiro atoms. The Morgan fingerprint density at radius 3 is 2.41 bits per heavy atom. The highest BCUT2D eigenvalue weighted by Crippen LogP contribution is 2.34. The van der Waals surface area contributed by atoms with Crippen LogP contribution in [0.2, 0.25) is 0 Å². The van der Waals surface area contributed by atoms with Crippen molar-refractivity contribution in [3.05, 3.63) is 47.0 Å². The summed E-state index contributed by atoms with van der Waals surface area (Å²) in [5, 5.41) is 24.4. The van der Waals surface area contributed by atoms with Crippen LogP contribution in [0, 0.1) is 0 Å². The first-order valence-corrected chi connectivity index (χ1v) is 9.23. The lowest BCUT2D eigenvalue weighted by molar-refractivity contribution is 0.0131. The number of alkyl carbamates (subject to hydrolysis) is 1. The Kier molecular flexibility index (Phi) is 5.59. The molecule has 1 aliphatic heterocycles. The van der Waals surface area contributed by atoms with Gasteiger partial charge in [0.15, 0.2) is 0 Å². The Morgan fingerprint density at radius 1 is 1.10 bits per heavy atom. The van der Waals surface area contributed by atoms with Gasteiger partial charge in [0.2, 0.25) is 0 Å². The summed E-state index contributed by atoms with van der Waals surface area (Å²) in [6.07, 6.45) is -3.01. The van der Waals surface area contributed by atoms with Crippen LogP contribution in [0.25, 0.3) is 10.8 Å². The molecule has 2 aromatic rings. The maximum absolute atomic E-state index is 12.0. The first kappa shape index (κ1) is 20.8. The minimum Gasteiger partial charge on any atom is -0.444 e. The van der Waals surface area contributed by atoms with E-state index in [2.05, 4.69) is 5.32 Å². The number of ether oxygens (including phenoxy) is 2. The minimum atomic E-state index is -1.28. The molecule has 3 rings (SSSR count). The van der Waals surface area contributed by atoms with Gasteiger partial charge in [-0.15, -0.1) is 0 Å². The van der Waals surface area contributed by atoms with E-state index in [1.165, 1.54) is 18.2 Å². The Bertz CT molecular complexity index is 957. The van der Waals surface area contributed by atoms with Gasteiger partial charge in [0, 0.05) is 11.9 Å². The molecule has 1 aliphatic rings. The number of aliphatic hydroxyl groups is 2. The average Bonchev–Trinajstić information content (AvgIpc) is 2.63. The molecule has 8 nitrogen and oxygen atoms in total. The fraction of sp³-hybridized carbons (Fsp3) is 0.381. The number of cyclic esters (lactones) is 2. The maximum atomic E-state index is 12.0. The van der Waals surface area contributed by atoms with Gasteiger partial charge in [-0.05, 0) is 50.3 Å². The fourth-order valence-corrected chi connectivity index (χ4v) is 3.22. The maximum Gasteiger partial charge on any atom is 0.407 e. The Morgan fingerprint density at radius 2 is 1.76 bits per heavy atom. The zero-order valence-corrected chi connectivity index (χ0v) is 16.4. The molecule has 0 radical (unpaired) electrons. The lowest BCUT2D eigenvalue weighted by Crippen LogP contribution is -2.34. The molecule has 0 aromatic heterocycles. The minimum absolute atomic E-state index is 0.0737. The highest BCUT2D eigenvalue weighted by Gasteiger charge is 2.30. The molecule has 2 aromatic carbocycles. The topological polar surface area (TPSA) is 122 Å². The number of hydrogen-bond acceptors (Lipinski definition) is 7. The van der Waals surface area contributed by atoms with Gasteiger partial charge in [0.25, 0.3) is 0 Å². The van der Waals surface area contributed by atoms with Crippen molar-refractivity contribution in [2.75, 3.05) is 6.54 Å². The van der Waals surface area contributed by atoms with Gasteiger partial charge < -0.3 is 25.0 Å². The zero-order valence-electron chi connectivity index (χ0n) is 16.4. The Labute approximate surface area is 167 Å². The summed E-state index contributed by atoms with van der Waals surface area (Å²) < 4.78 is 9.84. The largest absolute Gasteiger partial charge is 0.444 e. The first-order chi connectivity index (χ1) is 13.6. The van der Waals surface area contributed by atoms with E-state index in [1.807, 2.05) is 0 Å². The van der Waals surface area contributed by atoms with E-state index in [9.17, 15) is 24.6 Å². The van der Waals surface area contributed by atoms with Gasteiger partial charge in [-0.25, -0.2) is 14.4 Å². The van der Waals surface area contributed by atoms with E-state index >= 15 is 0 Å². The van der Waals surface area contributed by atoms with Crippen LogP contribution in [-0.4, -0.2) is 46.5 Å². The molecule has 0 saturated heterocycles. The lowest BCUT2D eigenvalue weighted by Gasteiger charge is -2.23. The van der Waals surface area contributed by atoms with Crippen molar-refractivity contribution in [3.8, 4) is 0 Å². The number of esters is 2. The number of aliphatic hydroxyl groups excluding tert-OH is 2. The lowest BCUT2D eigenvalue weighted by atomic mass is 9.90. The van der Waals surface area contributed by atoms with Crippen molar-refractivity contribution in [1.82, 2.24) is 5.32 Å². The highest BCUT2D eigenvalue weighted by atomic mass is 16.6. The predicted octanol–water partition coefficient (Wildman–Crippen LogP) is 2.46. The molecule has 1 heterocycles. The molecule has 29 heavy (non-hydrogen) atoms. The number of nitrogens with one attached hydrogen (secondary N) is 1. The molecule has 2 atom stereocenters. The second-order valence-electron chi connectivity index (χ2n) is 7.84. The Balaban J connectivity index is 1.77. The number of rotatable bonds is 5. The molecule has 0 bridgehead atoms. The molecule has 1 amide bonds. The van der Waals surface area contributed by atoms with Gasteiger partial charge in [0.1, 0.15) is 11.7 Å². The van der Waals surface area contributed by atoms with E-state index < -0.39 is 35.8 Å². The van der Waals surface area contributed by atoms with E-state index in [0.29, 0.717) is 16.3 Å². The molecule has 2 unspecified atom stereocenters. The summed E-state index contributed by atoms with van der Waals surface area (Å²) in [4.78, 5) is 35.7. The van der Waals surface area contributed by atoms with E-state index in [-0.39, 0.29) is 24.1 Å². The van der Waals surface area contributed by atoms with Gasteiger partial charge >= 0.3 is 18.0 Å². The average molecular weight is 401 g/mol. The van der Waals surface area contributed by atoms with Crippen molar-refractivity contribution >= 4 is 28.8 Å². The molecule has 0 fully saturated rings. The second kappa shape index (κ2) is 7.81. The van der Waals surface area contributed by atoms with E-state index in [4.69, 9.17) is 9.47 Å². The number of hydrogen-bond donors (Lipinski definition) is 3. The van der Waals surface area contributed by atoms with Crippen LogP contribution in [-0.2, 0) is 9.47 Å². The number of amides is 1. The molecular weight excluding hydrogens is 378 g/mol. The summed E-state index contributed by atoms with van der Waals surface area (Å²) in [5.41, 5.74) is 0.196. The molecule has 3 N–H and O–H groups in total. The fourth-order valence-electron chi connectivity index (χ4n) is 3.22. The van der Waals surface area contributed by atoms with Gasteiger partial charge in [-0.3, -0.25) is 0 Å². The van der Waals surface area contributed by atoms with Crippen LogP contribution in [0.15, 0.2) is 30.3 Å². The quantitative estimate of drug-likeness (QED) is 0.520. The zero-order chi connectivity index (χ0) is 21.3. The van der Waals surface area contributed by atoms with Gasteiger partial charge in [0.05, 0.1) is 17.2 Å². The molecular formula is C21H23NO7. The highest BCUT2D eigenvalue weighted by molar-refractivity contribution is 6.21. The summed E-state index contributed by atoms with van der Waals surface area (Å²) in [7, 11) is 0. The second-order valence-corrected chi connectivity index (χ2v) is 7.84. The van der Waals surface area contributed by atoms with Crippen molar-refractivity contribution in [2.45, 2.75) is 45.0 Å². The van der Waals surface area contributed by atoms with Crippen molar-refractivity contribution in [3.63, 3.8) is 0 Å². The SMILES string of the molecule is CC(C)(C)OC(=O)NCCC(O)C(O)c1ccc2c3c(cccc13)C(=O)OC2=O. The van der Waals surface area contributed by atoms with E-state index in [0.717, 1.165) is 0 Å². The molecule has 0 saturated carbocycles. The third-order valence-electron chi connectivity index (χ3n) is 4.49. The van der Waals surface area contributed by atoms with Gasteiger partial charge in [-0.1, -0.05) is 18.2 Å². The van der Waals surface area contributed by atoms with Crippen molar-refractivity contribution < 1.29 is 34.1 Å². The normalized spacial score (nSPS) is 15.6. The number of benzene rings is 2. The smallest absolute Gasteiger partial charge is 0.407 e. The summed E-state index contributed by atoms with van der Waals surface area (Å²) >= 11 is 0. The monoisotopic (exact) mass is 401 g/mol. The number of carbonyl (C=O) groups is 3. The number of carbonyl (C=O) groups excluding carboxylic acids is 3. The van der Waals surface area contributed by atoms with Crippen LogP contribution in [0.1, 0.15) is 59.6 Å². The third kappa shape index (κ3) is 4.38. The summed E-state index contributed by atoms with van der Waals surface area (Å²) in [6.45, 7) is 5.32. The van der Waals surface area contributed by atoms with Crippen LogP contribution in [0.3, 0.4) is 0 Å². The first-order valence-electron chi connectivity index (χ1n) is 9.23. The van der Waals surface area contributed by atoms with E-state index in [1.54, 1.807) is 32.9 Å². The van der Waals surface area contributed by atoms with Crippen LogP contribution < -0.4 is 5.32 Å². The Hall–Kier alpha value is -2.97.